The minimum atomic E-state index is -3.90. The lowest BCUT2D eigenvalue weighted by molar-refractivity contribution is -0.141. The first-order valence-electron chi connectivity index (χ1n) is 9.34. The molecule has 0 saturated heterocycles. The molecule has 1 unspecified atom stereocenters. The number of esters is 1. The first kappa shape index (κ1) is 20.9. The summed E-state index contributed by atoms with van der Waals surface area (Å²) in [6, 6.07) is 11.2. The van der Waals surface area contributed by atoms with E-state index in [1.165, 1.54) is 32.4 Å². The van der Waals surface area contributed by atoms with Crippen molar-refractivity contribution in [2.24, 2.45) is 0 Å². The molecule has 1 atom stereocenters. The molecule has 0 amide bonds. The van der Waals surface area contributed by atoms with Gasteiger partial charge in [0.25, 0.3) is 0 Å². The number of aromatic nitrogens is 1. The number of fused-ring (bicyclic) bond motifs is 2. The van der Waals surface area contributed by atoms with Gasteiger partial charge in [0.05, 0.1) is 24.1 Å². The molecule has 1 aliphatic rings. The Morgan fingerprint density at radius 2 is 1.97 bits per heavy atom. The average molecular weight is 448 g/mol. The van der Waals surface area contributed by atoms with Gasteiger partial charge in [-0.05, 0) is 24.3 Å². The van der Waals surface area contributed by atoms with E-state index in [0.717, 1.165) is 8.87 Å². The third kappa shape index (κ3) is 4.01. The first-order valence-corrected chi connectivity index (χ1v) is 10.8. The number of para-hydroxylation sites is 2. The summed E-state index contributed by atoms with van der Waals surface area (Å²) < 4.78 is 49.5. The average Bonchev–Trinajstić information content (AvgIpc) is 3.07. The van der Waals surface area contributed by atoms with Crippen molar-refractivity contribution in [3.05, 3.63) is 53.0 Å². The summed E-state index contributed by atoms with van der Waals surface area (Å²) in [6.45, 7) is -0.0714. The Balaban J connectivity index is 1.55. The molecule has 0 aliphatic carbocycles. The number of likely N-dealkylation sites (N-methyl/N-ethyl adjacent to an activating group) is 1. The molecular formula is C20H20N2O8S. The smallest absolute Gasteiger partial charge is 0.420 e. The zero-order chi connectivity index (χ0) is 22.2. The third-order valence-corrected chi connectivity index (χ3v) is 6.71. The minimum absolute atomic E-state index is 0.0505. The number of nitrogens with zero attached hydrogens (tertiary/aromatic N) is 2. The highest BCUT2D eigenvalue weighted by molar-refractivity contribution is 7.89. The fourth-order valence-electron chi connectivity index (χ4n) is 3.27. The topological polar surface area (TPSA) is 117 Å². The second-order valence-corrected chi connectivity index (χ2v) is 8.99. The molecule has 0 fully saturated rings. The number of hydrogen-bond acceptors (Lipinski definition) is 8. The van der Waals surface area contributed by atoms with Gasteiger partial charge in [0, 0.05) is 13.1 Å². The van der Waals surface area contributed by atoms with Crippen LogP contribution >= 0.6 is 0 Å². The van der Waals surface area contributed by atoms with Crippen LogP contribution in [0, 0.1) is 0 Å². The zero-order valence-electron chi connectivity index (χ0n) is 16.8. The van der Waals surface area contributed by atoms with E-state index in [0.29, 0.717) is 11.5 Å². The number of rotatable bonds is 6. The summed E-state index contributed by atoms with van der Waals surface area (Å²) in [7, 11) is -1.27. The van der Waals surface area contributed by atoms with E-state index < -0.39 is 27.9 Å². The molecule has 0 radical (unpaired) electrons. The molecule has 0 bridgehead atoms. The van der Waals surface area contributed by atoms with Gasteiger partial charge in [-0.1, -0.05) is 12.1 Å². The first-order chi connectivity index (χ1) is 14.8. The Morgan fingerprint density at radius 3 is 2.71 bits per heavy atom. The van der Waals surface area contributed by atoms with Gasteiger partial charge in [-0.25, -0.2) is 13.2 Å². The highest BCUT2D eigenvalue weighted by atomic mass is 32.2. The Labute approximate surface area is 177 Å². The predicted molar refractivity (Wildman–Crippen MR) is 109 cm³/mol. The van der Waals surface area contributed by atoms with Crippen LogP contribution in [-0.4, -0.2) is 56.7 Å². The summed E-state index contributed by atoms with van der Waals surface area (Å²) in [5.41, 5.74) is 0.340. The quantitative estimate of drug-likeness (QED) is 0.517. The van der Waals surface area contributed by atoms with E-state index in [1.807, 2.05) is 6.07 Å². The minimum Gasteiger partial charge on any atom is -0.486 e. The molecule has 10 nitrogen and oxygen atoms in total. The van der Waals surface area contributed by atoms with Gasteiger partial charge in [0.15, 0.2) is 17.1 Å². The third-order valence-electron chi connectivity index (χ3n) is 4.89. The van der Waals surface area contributed by atoms with E-state index in [-0.39, 0.29) is 35.7 Å². The lowest BCUT2D eigenvalue weighted by Crippen LogP contribution is -2.41. The van der Waals surface area contributed by atoms with E-state index in [2.05, 4.69) is 4.74 Å². The van der Waals surface area contributed by atoms with Gasteiger partial charge in [-0.3, -0.25) is 9.36 Å². The maximum absolute atomic E-state index is 13.0. The van der Waals surface area contributed by atoms with Crippen LogP contribution in [0.25, 0.3) is 11.1 Å². The molecule has 3 aromatic rings. The normalized spacial score (nSPS) is 15.9. The van der Waals surface area contributed by atoms with Crippen LogP contribution in [0.3, 0.4) is 0 Å². The maximum Gasteiger partial charge on any atom is 0.420 e. The number of benzene rings is 2. The Bertz CT molecular complexity index is 1290. The largest absolute Gasteiger partial charge is 0.486 e. The summed E-state index contributed by atoms with van der Waals surface area (Å²) in [5, 5.41) is 0. The predicted octanol–water partition coefficient (Wildman–Crippen LogP) is 1.23. The molecule has 2 aromatic carbocycles. The number of carbonyl (C=O) groups is 1. The van der Waals surface area contributed by atoms with Crippen molar-refractivity contribution in [2.75, 3.05) is 27.3 Å². The molecule has 1 aliphatic heterocycles. The van der Waals surface area contributed by atoms with Crippen molar-refractivity contribution in [1.82, 2.24) is 8.87 Å². The fourth-order valence-corrected chi connectivity index (χ4v) is 4.49. The van der Waals surface area contributed by atoms with Crippen LogP contribution < -0.4 is 15.2 Å². The van der Waals surface area contributed by atoms with E-state index in [9.17, 15) is 18.0 Å². The van der Waals surface area contributed by atoms with Crippen LogP contribution in [0.1, 0.15) is 0 Å². The highest BCUT2D eigenvalue weighted by Gasteiger charge is 2.29. The molecular weight excluding hydrogens is 428 g/mol. The van der Waals surface area contributed by atoms with Crippen LogP contribution in [0.2, 0.25) is 0 Å². The number of carbonyl (C=O) groups excluding carboxylic acids is 1. The van der Waals surface area contributed by atoms with Crippen molar-refractivity contribution in [2.45, 2.75) is 17.5 Å². The number of methoxy groups -OCH3 is 1. The number of ether oxygens (including phenoxy) is 3. The summed E-state index contributed by atoms with van der Waals surface area (Å²) in [4.78, 5) is 23.5. The maximum atomic E-state index is 13.0. The lowest BCUT2D eigenvalue weighted by atomic mass is 10.2. The molecule has 11 heteroatoms. The van der Waals surface area contributed by atoms with Gasteiger partial charge < -0.3 is 18.6 Å². The molecule has 2 heterocycles. The van der Waals surface area contributed by atoms with Crippen molar-refractivity contribution < 1.29 is 31.8 Å². The van der Waals surface area contributed by atoms with E-state index in [1.54, 1.807) is 18.2 Å². The van der Waals surface area contributed by atoms with Crippen LogP contribution in [0.4, 0.5) is 0 Å². The number of oxazole rings is 1. The van der Waals surface area contributed by atoms with E-state index >= 15 is 0 Å². The van der Waals surface area contributed by atoms with Crippen molar-refractivity contribution in [1.29, 1.82) is 0 Å². The standard InChI is InChI=1S/C20H20N2O8S/c1-21(10-13-12-28-16-5-3-4-6-17(16)29-13)31(25,26)14-7-8-15-18(9-14)30-20(24)22(15)11-19(23)27-2/h3-9,13H,10-12H2,1-2H3. The molecule has 4 rings (SSSR count). The summed E-state index contributed by atoms with van der Waals surface area (Å²) in [5.74, 6) is -0.242. The second-order valence-electron chi connectivity index (χ2n) is 6.94. The van der Waals surface area contributed by atoms with E-state index in [4.69, 9.17) is 13.9 Å². The van der Waals surface area contributed by atoms with Crippen molar-refractivity contribution in [3.8, 4) is 11.5 Å². The lowest BCUT2D eigenvalue weighted by Gasteiger charge is -2.29. The molecule has 164 valence electrons. The Hall–Kier alpha value is -3.31. The second kappa shape index (κ2) is 8.08. The number of sulfonamides is 1. The summed E-state index contributed by atoms with van der Waals surface area (Å²) >= 11 is 0. The zero-order valence-corrected chi connectivity index (χ0v) is 17.6. The molecule has 0 N–H and O–H groups in total. The molecule has 1 aromatic heterocycles. The monoisotopic (exact) mass is 448 g/mol. The van der Waals surface area contributed by atoms with Gasteiger partial charge in [0.1, 0.15) is 19.3 Å². The van der Waals surface area contributed by atoms with Gasteiger partial charge in [-0.2, -0.15) is 4.31 Å². The summed E-state index contributed by atoms with van der Waals surface area (Å²) in [6.07, 6.45) is -0.488. The number of hydrogen-bond donors (Lipinski definition) is 0. The highest BCUT2D eigenvalue weighted by Crippen LogP contribution is 2.31. The molecule has 31 heavy (non-hydrogen) atoms. The SMILES string of the molecule is COC(=O)Cn1c(=O)oc2cc(S(=O)(=O)N(C)CC3COc4ccccc4O3)ccc21. The van der Waals surface area contributed by atoms with Gasteiger partial charge >= 0.3 is 11.7 Å². The van der Waals surface area contributed by atoms with Crippen LogP contribution in [0.15, 0.2) is 56.6 Å². The fraction of sp³-hybridized carbons (Fsp3) is 0.300. The molecule has 0 spiro atoms. The Kier molecular flexibility index (Phi) is 5.46. The Morgan fingerprint density at radius 1 is 1.23 bits per heavy atom. The van der Waals surface area contributed by atoms with Crippen LogP contribution in [-0.2, 0) is 26.1 Å². The van der Waals surface area contributed by atoms with Crippen molar-refractivity contribution in [3.63, 3.8) is 0 Å². The van der Waals surface area contributed by atoms with Crippen LogP contribution in [0.5, 0.6) is 11.5 Å². The van der Waals surface area contributed by atoms with Crippen molar-refractivity contribution >= 4 is 27.1 Å². The molecule has 0 saturated carbocycles. The van der Waals surface area contributed by atoms with Gasteiger partial charge in [0.2, 0.25) is 10.0 Å². The van der Waals surface area contributed by atoms with Gasteiger partial charge in [-0.15, -0.1) is 0 Å².